The first-order valence-electron chi connectivity index (χ1n) is 7.08. The van der Waals surface area contributed by atoms with Gasteiger partial charge in [-0.2, -0.15) is 0 Å². The van der Waals surface area contributed by atoms with Crippen LogP contribution in [0.5, 0.6) is 0 Å². The van der Waals surface area contributed by atoms with Gasteiger partial charge in [0.25, 0.3) is 0 Å². The minimum atomic E-state index is -0.0307. The second-order valence-electron chi connectivity index (χ2n) is 5.12. The summed E-state index contributed by atoms with van der Waals surface area (Å²) in [6, 6.07) is 7.62. The monoisotopic (exact) mass is 340 g/mol. The normalized spacial score (nSPS) is 18.0. The summed E-state index contributed by atoms with van der Waals surface area (Å²) < 4.78 is 6.35. The number of hydrogen-bond donors (Lipinski definition) is 1. The molecule has 0 saturated carbocycles. The van der Waals surface area contributed by atoms with E-state index in [0.717, 1.165) is 49.3 Å². The third kappa shape index (κ3) is 4.49. The van der Waals surface area contributed by atoms with E-state index in [9.17, 15) is 4.79 Å². The average Bonchev–Trinajstić information content (AvgIpc) is 2.91. The molecule has 1 N–H and O–H groups in total. The van der Waals surface area contributed by atoms with Gasteiger partial charge in [0.15, 0.2) is 0 Å². The highest BCUT2D eigenvalue weighted by Gasteiger charge is 2.22. The molecular formula is C15H21BrN2O2. The maximum atomic E-state index is 12.4. The molecule has 110 valence electrons. The Hall–Kier alpha value is -1.07. The standard InChI is InChI=1S/C15H21BrN2O2/c1-2-7-18(10-12-6-8-20-11-12)15(19)17-14-5-3-4-13(16)9-14/h3-5,9,12H,2,6-8,10-11H2,1H3,(H,17,19). The molecule has 1 saturated heterocycles. The molecule has 0 spiro atoms. The van der Waals surface area contributed by atoms with Gasteiger partial charge in [-0.25, -0.2) is 4.79 Å². The summed E-state index contributed by atoms with van der Waals surface area (Å²) in [4.78, 5) is 14.2. The van der Waals surface area contributed by atoms with Crippen LogP contribution in [-0.4, -0.2) is 37.2 Å². The molecule has 1 heterocycles. The first-order chi connectivity index (χ1) is 9.69. The van der Waals surface area contributed by atoms with Gasteiger partial charge >= 0.3 is 6.03 Å². The van der Waals surface area contributed by atoms with Crippen LogP contribution in [0.25, 0.3) is 0 Å². The van der Waals surface area contributed by atoms with Crippen LogP contribution in [0.3, 0.4) is 0 Å². The molecular weight excluding hydrogens is 320 g/mol. The van der Waals surface area contributed by atoms with Gasteiger partial charge in [0.2, 0.25) is 0 Å². The van der Waals surface area contributed by atoms with Crippen molar-refractivity contribution in [3.63, 3.8) is 0 Å². The summed E-state index contributed by atoms with van der Waals surface area (Å²) in [5, 5.41) is 2.96. The van der Waals surface area contributed by atoms with E-state index in [1.54, 1.807) is 0 Å². The highest BCUT2D eigenvalue weighted by Crippen LogP contribution is 2.18. The van der Waals surface area contributed by atoms with Crippen molar-refractivity contribution in [1.29, 1.82) is 0 Å². The molecule has 5 heteroatoms. The van der Waals surface area contributed by atoms with Gasteiger partial charge in [-0.3, -0.25) is 0 Å². The van der Waals surface area contributed by atoms with Gasteiger partial charge in [0, 0.05) is 35.8 Å². The van der Waals surface area contributed by atoms with Crippen molar-refractivity contribution in [2.75, 3.05) is 31.6 Å². The molecule has 1 aliphatic heterocycles. The third-order valence-corrected chi connectivity index (χ3v) is 3.85. The van der Waals surface area contributed by atoms with E-state index < -0.39 is 0 Å². The van der Waals surface area contributed by atoms with Gasteiger partial charge in [-0.05, 0) is 31.0 Å². The van der Waals surface area contributed by atoms with Gasteiger partial charge in [-0.15, -0.1) is 0 Å². The molecule has 2 amide bonds. The number of carbonyl (C=O) groups is 1. The Balaban J connectivity index is 1.95. The molecule has 1 aromatic carbocycles. The van der Waals surface area contributed by atoms with Crippen molar-refractivity contribution in [3.8, 4) is 0 Å². The number of rotatable bonds is 5. The molecule has 0 aromatic heterocycles. The Kier molecular flexibility index (Phi) is 5.86. The Bertz CT molecular complexity index is 447. The number of anilines is 1. The Morgan fingerprint density at radius 1 is 1.55 bits per heavy atom. The molecule has 1 atom stereocenters. The van der Waals surface area contributed by atoms with Crippen LogP contribution < -0.4 is 5.32 Å². The molecule has 1 fully saturated rings. The molecule has 0 bridgehead atoms. The fraction of sp³-hybridized carbons (Fsp3) is 0.533. The molecule has 0 radical (unpaired) electrons. The maximum absolute atomic E-state index is 12.4. The molecule has 1 aliphatic rings. The summed E-state index contributed by atoms with van der Waals surface area (Å²) in [5.74, 6) is 0.467. The second kappa shape index (κ2) is 7.64. The minimum Gasteiger partial charge on any atom is -0.381 e. The number of halogens is 1. The lowest BCUT2D eigenvalue weighted by atomic mass is 10.1. The van der Waals surface area contributed by atoms with Crippen LogP contribution in [0.2, 0.25) is 0 Å². The van der Waals surface area contributed by atoms with E-state index >= 15 is 0 Å². The predicted octanol–water partition coefficient (Wildman–Crippen LogP) is 3.73. The van der Waals surface area contributed by atoms with Crippen LogP contribution in [0, 0.1) is 5.92 Å². The van der Waals surface area contributed by atoms with Crippen molar-refractivity contribution in [3.05, 3.63) is 28.7 Å². The lowest BCUT2D eigenvalue weighted by Crippen LogP contribution is -2.39. The van der Waals surface area contributed by atoms with Gasteiger partial charge in [0.1, 0.15) is 0 Å². The third-order valence-electron chi connectivity index (χ3n) is 3.36. The first-order valence-corrected chi connectivity index (χ1v) is 7.87. The largest absolute Gasteiger partial charge is 0.381 e. The predicted molar refractivity (Wildman–Crippen MR) is 84.0 cm³/mol. The summed E-state index contributed by atoms with van der Waals surface area (Å²) in [7, 11) is 0. The zero-order valence-electron chi connectivity index (χ0n) is 11.8. The number of carbonyl (C=O) groups excluding carboxylic acids is 1. The molecule has 0 aliphatic carbocycles. The van der Waals surface area contributed by atoms with E-state index in [0.29, 0.717) is 5.92 Å². The van der Waals surface area contributed by atoms with E-state index in [1.807, 2.05) is 29.2 Å². The van der Waals surface area contributed by atoms with Crippen LogP contribution in [0.15, 0.2) is 28.7 Å². The zero-order valence-corrected chi connectivity index (χ0v) is 13.4. The van der Waals surface area contributed by atoms with Gasteiger partial charge in [-0.1, -0.05) is 28.9 Å². The topological polar surface area (TPSA) is 41.6 Å². The van der Waals surface area contributed by atoms with E-state index in [2.05, 4.69) is 28.2 Å². The number of amides is 2. The SMILES string of the molecule is CCCN(CC1CCOC1)C(=O)Nc1cccc(Br)c1. The molecule has 20 heavy (non-hydrogen) atoms. The Morgan fingerprint density at radius 3 is 3.05 bits per heavy atom. The fourth-order valence-electron chi connectivity index (χ4n) is 2.35. The lowest BCUT2D eigenvalue weighted by molar-refractivity contribution is 0.169. The number of nitrogens with zero attached hydrogens (tertiary/aromatic N) is 1. The lowest BCUT2D eigenvalue weighted by Gasteiger charge is -2.25. The minimum absolute atomic E-state index is 0.0307. The number of nitrogens with one attached hydrogen (secondary N) is 1. The van der Waals surface area contributed by atoms with E-state index in [1.165, 1.54) is 0 Å². The van der Waals surface area contributed by atoms with Crippen LogP contribution in [0.1, 0.15) is 19.8 Å². The van der Waals surface area contributed by atoms with Crippen molar-refractivity contribution < 1.29 is 9.53 Å². The number of benzene rings is 1. The summed E-state index contributed by atoms with van der Waals surface area (Å²) in [6.07, 6.45) is 2.00. The highest BCUT2D eigenvalue weighted by atomic mass is 79.9. The summed E-state index contributed by atoms with van der Waals surface area (Å²) in [6.45, 7) is 5.22. The van der Waals surface area contributed by atoms with Crippen molar-refractivity contribution >= 4 is 27.6 Å². The van der Waals surface area contributed by atoms with Gasteiger partial charge in [0.05, 0.1) is 6.61 Å². The number of hydrogen-bond acceptors (Lipinski definition) is 2. The molecule has 2 rings (SSSR count). The van der Waals surface area contributed by atoms with Crippen molar-refractivity contribution in [2.24, 2.45) is 5.92 Å². The quantitative estimate of drug-likeness (QED) is 0.887. The first kappa shape index (κ1) is 15.3. The second-order valence-corrected chi connectivity index (χ2v) is 6.03. The van der Waals surface area contributed by atoms with Crippen LogP contribution in [0.4, 0.5) is 10.5 Å². The number of urea groups is 1. The summed E-state index contributed by atoms with van der Waals surface area (Å²) in [5.41, 5.74) is 0.813. The average molecular weight is 341 g/mol. The fourth-order valence-corrected chi connectivity index (χ4v) is 2.75. The highest BCUT2D eigenvalue weighted by molar-refractivity contribution is 9.10. The summed E-state index contributed by atoms with van der Waals surface area (Å²) >= 11 is 3.41. The molecule has 1 aromatic rings. The Morgan fingerprint density at radius 2 is 2.40 bits per heavy atom. The maximum Gasteiger partial charge on any atom is 0.321 e. The molecule has 1 unspecified atom stereocenters. The molecule has 4 nitrogen and oxygen atoms in total. The van der Waals surface area contributed by atoms with Crippen LogP contribution in [-0.2, 0) is 4.74 Å². The van der Waals surface area contributed by atoms with E-state index in [-0.39, 0.29) is 6.03 Å². The van der Waals surface area contributed by atoms with Crippen LogP contribution >= 0.6 is 15.9 Å². The smallest absolute Gasteiger partial charge is 0.321 e. The van der Waals surface area contributed by atoms with Crippen molar-refractivity contribution in [1.82, 2.24) is 4.90 Å². The zero-order chi connectivity index (χ0) is 14.4. The van der Waals surface area contributed by atoms with Crippen molar-refractivity contribution in [2.45, 2.75) is 19.8 Å². The van der Waals surface area contributed by atoms with Gasteiger partial charge < -0.3 is 15.0 Å². The Labute approximate surface area is 128 Å². The van der Waals surface area contributed by atoms with E-state index in [4.69, 9.17) is 4.74 Å². The number of ether oxygens (including phenoxy) is 1.